The zero-order valence-corrected chi connectivity index (χ0v) is 17.6. The molecule has 0 fully saturated rings. The summed E-state index contributed by atoms with van der Waals surface area (Å²) in [4.78, 5) is 4.45. The molecular formula is C24H29N3S. The van der Waals surface area contributed by atoms with Gasteiger partial charge in [0.1, 0.15) is 0 Å². The fourth-order valence-corrected chi connectivity index (χ4v) is 3.49. The van der Waals surface area contributed by atoms with Gasteiger partial charge < -0.3 is 15.1 Å². The minimum absolute atomic E-state index is 0.791. The van der Waals surface area contributed by atoms with Gasteiger partial charge in [-0.2, -0.15) is 0 Å². The summed E-state index contributed by atoms with van der Waals surface area (Å²) in [5.41, 5.74) is 2.54. The normalized spacial score (nSPS) is 11.0. The molecule has 0 aliphatic rings. The Morgan fingerprint density at radius 3 is 2.25 bits per heavy atom. The Morgan fingerprint density at radius 1 is 0.821 bits per heavy atom. The van der Waals surface area contributed by atoms with Crippen molar-refractivity contribution in [2.24, 2.45) is 0 Å². The van der Waals surface area contributed by atoms with Gasteiger partial charge in [0.15, 0.2) is 5.11 Å². The number of rotatable bonds is 8. The number of nitrogens with zero attached hydrogens (tertiary/aromatic N) is 2. The van der Waals surface area contributed by atoms with Crippen molar-refractivity contribution in [1.82, 2.24) is 15.1 Å². The maximum Gasteiger partial charge on any atom is 0.169 e. The van der Waals surface area contributed by atoms with Crippen molar-refractivity contribution in [1.29, 1.82) is 0 Å². The molecule has 0 bridgehead atoms. The first kappa shape index (κ1) is 20.3. The van der Waals surface area contributed by atoms with Crippen molar-refractivity contribution in [2.45, 2.75) is 19.5 Å². The minimum Gasteiger partial charge on any atom is -0.363 e. The van der Waals surface area contributed by atoms with Gasteiger partial charge in [-0.25, -0.2) is 0 Å². The Labute approximate surface area is 174 Å². The second-order valence-corrected chi connectivity index (χ2v) is 7.80. The van der Waals surface area contributed by atoms with Gasteiger partial charge in [-0.1, -0.05) is 66.7 Å². The largest absolute Gasteiger partial charge is 0.363 e. The third kappa shape index (κ3) is 6.04. The van der Waals surface area contributed by atoms with Crippen LogP contribution in [0.15, 0.2) is 72.8 Å². The lowest BCUT2D eigenvalue weighted by atomic mass is 10.1. The van der Waals surface area contributed by atoms with Crippen LogP contribution in [0.2, 0.25) is 0 Å². The van der Waals surface area contributed by atoms with Gasteiger partial charge in [0, 0.05) is 19.6 Å². The van der Waals surface area contributed by atoms with Crippen LogP contribution in [0.3, 0.4) is 0 Å². The molecule has 0 spiro atoms. The third-order valence-corrected chi connectivity index (χ3v) is 5.15. The highest BCUT2D eigenvalue weighted by atomic mass is 32.1. The van der Waals surface area contributed by atoms with E-state index in [2.05, 4.69) is 102 Å². The van der Waals surface area contributed by atoms with E-state index in [1.165, 1.54) is 21.9 Å². The average molecular weight is 392 g/mol. The topological polar surface area (TPSA) is 18.5 Å². The molecule has 0 unspecified atom stereocenters. The molecule has 3 aromatic carbocycles. The van der Waals surface area contributed by atoms with Crippen LogP contribution in [0.1, 0.15) is 17.5 Å². The van der Waals surface area contributed by atoms with E-state index in [1.54, 1.807) is 0 Å². The number of hydrogen-bond donors (Lipinski definition) is 1. The van der Waals surface area contributed by atoms with Crippen LogP contribution in [-0.4, -0.2) is 42.1 Å². The summed E-state index contributed by atoms with van der Waals surface area (Å²) < 4.78 is 0. The summed E-state index contributed by atoms with van der Waals surface area (Å²) in [7, 11) is 4.19. The van der Waals surface area contributed by atoms with Gasteiger partial charge in [-0.15, -0.1) is 0 Å². The quantitative estimate of drug-likeness (QED) is 0.444. The Hall–Kier alpha value is -2.43. The van der Waals surface area contributed by atoms with Crippen molar-refractivity contribution in [3.8, 4) is 0 Å². The van der Waals surface area contributed by atoms with E-state index in [0.717, 1.165) is 37.7 Å². The summed E-state index contributed by atoms with van der Waals surface area (Å²) in [5.74, 6) is 0. The second-order valence-electron chi connectivity index (χ2n) is 7.41. The number of benzene rings is 3. The molecule has 3 nitrogen and oxygen atoms in total. The van der Waals surface area contributed by atoms with Gasteiger partial charge >= 0.3 is 0 Å². The molecule has 3 aromatic rings. The molecule has 0 atom stereocenters. The molecule has 0 aliphatic carbocycles. The van der Waals surface area contributed by atoms with E-state index < -0.39 is 0 Å². The van der Waals surface area contributed by atoms with Gasteiger partial charge in [-0.05, 0) is 67.2 Å². The van der Waals surface area contributed by atoms with Crippen molar-refractivity contribution in [3.05, 3.63) is 83.9 Å². The zero-order valence-electron chi connectivity index (χ0n) is 16.8. The van der Waals surface area contributed by atoms with E-state index in [-0.39, 0.29) is 0 Å². The van der Waals surface area contributed by atoms with Crippen molar-refractivity contribution in [3.63, 3.8) is 0 Å². The first-order valence-corrected chi connectivity index (χ1v) is 10.2. The summed E-state index contributed by atoms with van der Waals surface area (Å²) in [6.07, 6.45) is 1.07. The Balaban J connectivity index is 1.71. The highest BCUT2D eigenvalue weighted by molar-refractivity contribution is 7.80. The maximum atomic E-state index is 5.75. The summed E-state index contributed by atoms with van der Waals surface area (Å²) in [6.45, 7) is 3.53. The lowest BCUT2D eigenvalue weighted by Gasteiger charge is -2.26. The van der Waals surface area contributed by atoms with Crippen LogP contribution < -0.4 is 5.32 Å². The predicted octanol–water partition coefficient (Wildman–Crippen LogP) is 4.67. The smallest absolute Gasteiger partial charge is 0.169 e. The van der Waals surface area contributed by atoms with Crippen LogP contribution in [-0.2, 0) is 13.1 Å². The van der Waals surface area contributed by atoms with E-state index in [4.69, 9.17) is 12.2 Å². The molecular weight excluding hydrogens is 362 g/mol. The fraction of sp³-hybridized carbons (Fsp3) is 0.292. The van der Waals surface area contributed by atoms with Crippen molar-refractivity contribution < 1.29 is 0 Å². The molecule has 3 rings (SSSR count). The van der Waals surface area contributed by atoms with Gasteiger partial charge in [0.2, 0.25) is 0 Å². The maximum absolute atomic E-state index is 5.75. The monoisotopic (exact) mass is 391 g/mol. The Kier molecular flexibility index (Phi) is 7.40. The lowest BCUT2D eigenvalue weighted by molar-refractivity contribution is 0.384. The minimum atomic E-state index is 0.791. The summed E-state index contributed by atoms with van der Waals surface area (Å²) in [6, 6.07) is 25.7. The Bertz CT molecular complexity index is 893. The molecule has 0 heterocycles. The van der Waals surface area contributed by atoms with Crippen LogP contribution in [0, 0.1) is 0 Å². The number of nitrogens with one attached hydrogen (secondary N) is 1. The van der Waals surface area contributed by atoms with Crippen LogP contribution in [0.5, 0.6) is 0 Å². The average Bonchev–Trinajstić information content (AvgIpc) is 2.71. The van der Waals surface area contributed by atoms with Crippen LogP contribution >= 0.6 is 12.2 Å². The summed E-state index contributed by atoms with van der Waals surface area (Å²) in [5, 5.41) is 6.80. The molecule has 28 heavy (non-hydrogen) atoms. The van der Waals surface area contributed by atoms with E-state index in [0.29, 0.717) is 0 Å². The number of hydrogen-bond acceptors (Lipinski definition) is 2. The van der Waals surface area contributed by atoms with E-state index in [9.17, 15) is 0 Å². The standard InChI is InChI=1S/C24H29N3S/c1-26(2)16-8-15-25-24(28)27(18-20-9-4-3-5-10-20)19-21-13-14-22-11-6-7-12-23(22)17-21/h3-7,9-14,17H,8,15-16,18-19H2,1-2H3,(H,25,28). The zero-order chi connectivity index (χ0) is 19.8. The molecule has 0 saturated heterocycles. The second kappa shape index (κ2) is 10.2. The van der Waals surface area contributed by atoms with Gasteiger partial charge in [0.25, 0.3) is 0 Å². The molecule has 0 aliphatic heterocycles. The Morgan fingerprint density at radius 2 is 1.50 bits per heavy atom. The number of fused-ring (bicyclic) bond motifs is 1. The molecule has 0 radical (unpaired) electrons. The molecule has 1 N–H and O–H groups in total. The van der Waals surface area contributed by atoms with Crippen LogP contribution in [0.4, 0.5) is 0 Å². The molecule has 4 heteroatoms. The number of thiocarbonyl (C=S) groups is 1. The first-order valence-electron chi connectivity index (χ1n) is 9.81. The van der Waals surface area contributed by atoms with E-state index >= 15 is 0 Å². The third-order valence-electron chi connectivity index (χ3n) is 4.75. The SMILES string of the molecule is CN(C)CCCNC(=S)N(Cc1ccccc1)Cc1ccc2ccccc2c1. The highest BCUT2D eigenvalue weighted by Gasteiger charge is 2.11. The summed E-state index contributed by atoms with van der Waals surface area (Å²) >= 11 is 5.75. The molecule has 146 valence electrons. The fourth-order valence-electron chi connectivity index (χ4n) is 3.26. The van der Waals surface area contributed by atoms with Crippen molar-refractivity contribution >= 4 is 28.1 Å². The molecule has 0 saturated carbocycles. The van der Waals surface area contributed by atoms with Crippen molar-refractivity contribution in [2.75, 3.05) is 27.2 Å². The lowest BCUT2D eigenvalue weighted by Crippen LogP contribution is -2.39. The highest BCUT2D eigenvalue weighted by Crippen LogP contribution is 2.18. The van der Waals surface area contributed by atoms with Crippen LogP contribution in [0.25, 0.3) is 10.8 Å². The van der Waals surface area contributed by atoms with Gasteiger partial charge in [0.05, 0.1) is 0 Å². The van der Waals surface area contributed by atoms with Gasteiger partial charge in [-0.3, -0.25) is 0 Å². The first-order chi connectivity index (χ1) is 13.6. The molecule has 0 amide bonds. The predicted molar refractivity (Wildman–Crippen MR) is 123 cm³/mol. The van der Waals surface area contributed by atoms with E-state index in [1.807, 2.05) is 0 Å². The molecule has 0 aromatic heterocycles.